The summed E-state index contributed by atoms with van der Waals surface area (Å²) in [7, 11) is -2.89. The molecular weight excluding hydrogens is 352 g/mol. The van der Waals surface area contributed by atoms with Crippen molar-refractivity contribution in [2.75, 3.05) is 7.11 Å². The Morgan fingerprint density at radius 1 is 1.21 bits per heavy atom. The van der Waals surface area contributed by atoms with E-state index in [9.17, 15) is 13.2 Å². The average molecular weight is 365 g/mol. The largest absolute Gasteiger partial charge is 0.465 e. The zero-order chi connectivity index (χ0) is 17.5. The molecule has 3 aromatic rings. The maximum absolute atomic E-state index is 13.0. The van der Waals surface area contributed by atoms with Crippen molar-refractivity contribution in [2.45, 2.75) is 16.8 Å². The number of aryl methyl sites for hydroxylation is 1. The number of benzene rings is 1. The molecule has 6 nitrogen and oxygen atoms in total. The second kappa shape index (κ2) is 5.92. The van der Waals surface area contributed by atoms with E-state index in [1.807, 2.05) is 6.92 Å². The van der Waals surface area contributed by atoms with E-state index in [1.165, 1.54) is 12.1 Å². The maximum atomic E-state index is 13.0. The highest BCUT2D eigenvalue weighted by Crippen LogP contribution is 2.33. The van der Waals surface area contributed by atoms with Gasteiger partial charge in [0, 0.05) is 11.6 Å². The van der Waals surface area contributed by atoms with Crippen LogP contribution in [0.2, 0.25) is 5.02 Å². The van der Waals surface area contributed by atoms with Crippen LogP contribution in [0.4, 0.5) is 0 Å². The standard InChI is InChI=1S/C16H13ClN2O4S/c1-9-3-5-10(6-4-9)24(21,22)15-12(16(20)23-2)13(17)11-7-8-18-14(11)19-15/h3-8H,1-2H3,(H,18,19). The minimum absolute atomic E-state index is 0.0150. The molecule has 0 amide bonds. The third-order valence-corrected chi connectivity index (χ3v) is 5.67. The van der Waals surface area contributed by atoms with Crippen molar-refractivity contribution < 1.29 is 17.9 Å². The third-order valence-electron chi connectivity index (χ3n) is 3.58. The van der Waals surface area contributed by atoms with Crippen molar-refractivity contribution in [1.29, 1.82) is 0 Å². The van der Waals surface area contributed by atoms with Crippen molar-refractivity contribution in [3.8, 4) is 0 Å². The predicted molar refractivity (Wildman–Crippen MR) is 89.1 cm³/mol. The molecule has 3 rings (SSSR count). The summed E-state index contributed by atoms with van der Waals surface area (Å²) in [5.74, 6) is -0.860. The van der Waals surface area contributed by atoms with E-state index >= 15 is 0 Å². The molecule has 8 heteroatoms. The second-order valence-electron chi connectivity index (χ2n) is 5.15. The Hall–Kier alpha value is -2.38. The van der Waals surface area contributed by atoms with E-state index in [2.05, 4.69) is 9.97 Å². The molecule has 1 aromatic carbocycles. The number of hydrogen-bond donors (Lipinski definition) is 1. The molecule has 0 saturated carbocycles. The Labute approximate surface area is 143 Å². The zero-order valence-electron chi connectivity index (χ0n) is 12.8. The molecule has 1 N–H and O–H groups in total. The number of nitrogens with zero attached hydrogens (tertiary/aromatic N) is 1. The summed E-state index contributed by atoms with van der Waals surface area (Å²) < 4.78 is 30.6. The average Bonchev–Trinajstić information content (AvgIpc) is 3.03. The number of H-pyrrole nitrogens is 1. The van der Waals surface area contributed by atoms with Crippen LogP contribution in [-0.4, -0.2) is 31.5 Å². The van der Waals surface area contributed by atoms with Gasteiger partial charge in [0.1, 0.15) is 11.2 Å². The number of aromatic nitrogens is 2. The fraction of sp³-hybridized carbons (Fsp3) is 0.125. The van der Waals surface area contributed by atoms with Crippen LogP contribution in [0, 0.1) is 6.92 Å². The predicted octanol–water partition coefficient (Wildman–Crippen LogP) is 3.14. The minimum atomic E-state index is -4.05. The molecule has 0 fully saturated rings. The normalized spacial score (nSPS) is 11.6. The smallest absolute Gasteiger partial charge is 0.342 e. The van der Waals surface area contributed by atoms with E-state index in [0.29, 0.717) is 5.39 Å². The van der Waals surface area contributed by atoms with Gasteiger partial charge in [0.05, 0.1) is 17.0 Å². The summed E-state index contributed by atoms with van der Waals surface area (Å²) in [5.41, 5.74) is 0.915. The van der Waals surface area contributed by atoms with E-state index < -0.39 is 20.8 Å². The Bertz CT molecular complexity index is 1040. The van der Waals surface area contributed by atoms with Crippen molar-refractivity contribution in [3.63, 3.8) is 0 Å². The number of hydrogen-bond acceptors (Lipinski definition) is 5. The molecule has 0 aliphatic heterocycles. The van der Waals surface area contributed by atoms with Crippen LogP contribution in [0.1, 0.15) is 15.9 Å². The molecule has 0 saturated heterocycles. The number of nitrogens with one attached hydrogen (secondary N) is 1. The first kappa shape index (κ1) is 16.5. The number of fused-ring (bicyclic) bond motifs is 1. The lowest BCUT2D eigenvalue weighted by Crippen LogP contribution is -2.14. The molecule has 2 aromatic heterocycles. The van der Waals surface area contributed by atoms with E-state index in [1.54, 1.807) is 24.4 Å². The maximum Gasteiger partial charge on any atom is 0.342 e. The third kappa shape index (κ3) is 2.55. The zero-order valence-corrected chi connectivity index (χ0v) is 14.4. The second-order valence-corrected chi connectivity index (χ2v) is 7.40. The van der Waals surface area contributed by atoms with Crippen molar-refractivity contribution in [3.05, 3.63) is 52.7 Å². The molecule has 0 bridgehead atoms. The lowest BCUT2D eigenvalue weighted by Gasteiger charge is -2.11. The number of rotatable bonds is 3. The fourth-order valence-electron chi connectivity index (χ4n) is 2.32. The topological polar surface area (TPSA) is 89.1 Å². The number of esters is 1. The molecule has 0 aliphatic carbocycles. The SMILES string of the molecule is COC(=O)c1c(S(=O)(=O)c2ccc(C)cc2)nc2[nH]ccc2c1Cl. The first-order valence-corrected chi connectivity index (χ1v) is 8.79. The Morgan fingerprint density at radius 3 is 2.50 bits per heavy atom. The van der Waals surface area contributed by atoms with Gasteiger partial charge in [-0.15, -0.1) is 0 Å². The van der Waals surface area contributed by atoms with Crippen molar-refractivity contribution in [2.24, 2.45) is 0 Å². The van der Waals surface area contributed by atoms with Gasteiger partial charge in [-0.1, -0.05) is 29.3 Å². The highest BCUT2D eigenvalue weighted by molar-refractivity contribution is 7.91. The highest BCUT2D eigenvalue weighted by Gasteiger charge is 2.31. The number of sulfone groups is 1. The van der Waals surface area contributed by atoms with Gasteiger partial charge in [0.15, 0.2) is 5.03 Å². The Kier molecular flexibility index (Phi) is 4.06. The number of carbonyl (C=O) groups excluding carboxylic acids is 1. The minimum Gasteiger partial charge on any atom is -0.465 e. The lowest BCUT2D eigenvalue weighted by atomic mass is 10.2. The number of pyridine rings is 1. The molecule has 0 aliphatic rings. The van der Waals surface area contributed by atoms with Crippen LogP contribution >= 0.6 is 11.6 Å². The fourth-order valence-corrected chi connectivity index (χ4v) is 4.08. The summed E-state index contributed by atoms with van der Waals surface area (Å²) in [6, 6.07) is 7.86. The Balaban J connectivity index is 2.35. The van der Waals surface area contributed by atoms with Crippen LogP contribution in [-0.2, 0) is 14.6 Å². The molecule has 0 spiro atoms. The van der Waals surface area contributed by atoms with Crippen LogP contribution in [0.5, 0.6) is 0 Å². The van der Waals surface area contributed by atoms with Gasteiger partial charge in [-0.25, -0.2) is 18.2 Å². The van der Waals surface area contributed by atoms with Crippen LogP contribution in [0.15, 0.2) is 46.5 Å². The molecule has 0 unspecified atom stereocenters. The molecule has 24 heavy (non-hydrogen) atoms. The molecule has 0 radical (unpaired) electrons. The number of carbonyl (C=O) groups is 1. The lowest BCUT2D eigenvalue weighted by molar-refractivity contribution is 0.0596. The summed E-state index contributed by atoms with van der Waals surface area (Å²) in [6.45, 7) is 1.84. The first-order valence-electron chi connectivity index (χ1n) is 6.93. The van der Waals surface area contributed by atoms with Gasteiger partial charge in [0.25, 0.3) is 0 Å². The molecule has 124 valence electrons. The monoisotopic (exact) mass is 364 g/mol. The number of halogens is 1. The quantitative estimate of drug-likeness (QED) is 0.721. The van der Waals surface area contributed by atoms with Crippen molar-refractivity contribution >= 4 is 38.4 Å². The van der Waals surface area contributed by atoms with Crippen molar-refractivity contribution in [1.82, 2.24) is 9.97 Å². The van der Waals surface area contributed by atoms with Crippen LogP contribution < -0.4 is 0 Å². The highest BCUT2D eigenvalue weighted by atomic mass is 35.5. The number of methoxy groups -OCH3 is 1. The van der Waals surface area contributed by atoms with Gasteiger partial charge >= 0.3 is 5.97 Å². The summed E-state index contributed by atoms with van der Waals surface area (Å²) >= 11 is 6.26. The molecular formula is C16H13ClN2O4S. The Morgan fingerprint density at radius 2 is 1.88 bits per heavy atom. The number of ether oxygens (including phenoxy) is 1. The molecule has 2 heterocycles. The van der Waals surface area contributed by atoms with Crippen LogP contribution in [0.3, 0.4) is 0 Å². The van der Waals surface area contributed by atoms with Gasteiger partial charge in [-0.3, -0.25) is 0 Å². The molecule has 0 atom stereocenters. The van der Waals surface area contributed by atoms with E-state index in [4.69, 9.17) is 16.3 Å². The van der Waals surface area contributed by atoms with Gasteiger partial charge < -0.3 is 9.72 Å². The van der Waals surface area contributed by atoms with E-state index in [0.717, 1.165) is 12.7 Å². The summed E-state index contributed by atoms with van der Waals surface area (Å²) in [4.78, 5) is 19.1. The number of aromatic amines is 1. The first-order chi connectivity index (χ1) is 11.4. The summed E-state index contributed by atoms with van der Waals surface area (Å²) in [5, 5.41) is -0.00291. The van der Waals surface area contributed by atoms with Gasteiger partial charge in [-0.05, 0) is 25.1 Å². The summed E-state index contributed by atoms with van der Waals surface area (Å²) in [6.07, 6.45) is 1.56. The van der Waals surface area contributed by atoms with Crippen LogP contribution in [0.25, 0.3) is 11.0 Å². The van der Waals surface area contributed by atoms with Gasteiger partial charge in [-0.2, -0.15) is 0 Å². The van der Waals surface area contributed by atoms with E-state index in [-0.39, 0.29) is 21.1 Å². The van der Waals surface area contributed by atoms with Gasteiger partial charge in [0.2, 0.25) is 9.84 Å².